The fraction of sp³-hybridized carbons (Fsp3) is 0.800. The van der Waals surface area contributed by atoms with Gasteiger partial charge in [0.15, 0.2) is 0 Å². The third-order valence-corrected chi connectivity index (χ3v) is 3.04. The zero-order chi connectivity index (χ0) is 7.68. The molecule has 2 atom stereocenters. The number of hydrogen-bond acceptors (Lipinski definition) is 1. The maximum atomic E-state index is 3.14. The van der Waals surface area contributed by atoms with Crippen LogP contribution in [0.2, 0.25) is 0 Å². The van der Waals surface area contributed by atoms with Crippen molar-refractivity contribution in [1.82, 2.24) is 4.90 Å². The Morgan fingerprint density at radius 2 is 1.91 bits per heavy atom. The van der Waals surface area contributed by atoms with Crippen molar-refractivity contribution in [3.8, 4) is 11.8 Å². The predicted octanol–water partition coefficient (Wildman–Crippen LogP) is 1.35. The van der Waals surface area contributed by atoms with Gasteiger partial charge in [-0.05, 0) is 31.6 Å². The maximum absolute atomic E-state index is 3.14. The average Bonchev–Trinajstić information content (AvgIpc) is 2.25. The van der Waals surface area contributed by atoms with Crippen molar-refractivity contribution >= 4 is 0 Å². The van der Waals surface area contributed by atoms with Crippen LogP contribution in [0.5, 0.6) is 0 Å². The smallest absolute Gasteiger partial charge is 0.0601 e. The van der Waals surface area contributed by atoms with Gasteiger partial charge in [-0.15, -0.1) is 5.92 Å². The Balaban J connectivity index is 1.82. The molecular weight excluding hydrogens is 134 g/mol. The summed E-state index contributed by atoms with van der Waals surface area (Å²) in [5.41, 5.74) is 0. The molecule has 2 fully saturated rings. The molecule has 0 aromatic rings. The van der Waals surface area contributed by atoms with E-state index in [0.717, 1.165) is 18.4 Å². The lowest BCUT2D eigenvalue weighted by atomic mass is 9.77. The summed E-state index contributed by atoms with van der Waals surface area (Å²) in [7, 11) is 0. The fourth-order valence-corrected chi connectivity index (χ4v) is 2.18. The summed E-state index contributed by atoms with van der Waals surface area (Å²) in [5, 5.41) is 0. The van der Waals surface area contributed by atoms with Crippen molar-refractivity contribution < 1.29 is 0 Å². The second-order valence-corrected chi connectivity index (χ2v) is 3.72. The van der Waals surface area contributed by atoms with Crippen LogP contribution in [0.4, 0.5) is 0 Å². The van der Waals surface area contributed by atoms with Gasteiger partial charge in [-0.3, -0.25) is 4.90 Å². The van der Waals surface area contributed by atoms with E-state index in [-0.39, 0.29) is 0 Å². The summed E-state index contributed by atoms with van der Waals surface area (Å²) in [6, 6.07) is 0. The topological polar surface area (TPSA) is 3.24 Å². The number of likely N-dealkylation sites (tertiary alicyclic amines) is 1. The van der Waals surface area contributed by atoms with Crippen LogP contribution in [0.1, 0.15) is 19.8 Å². The second-order valence-electron chi connectivity index (χ2n) is 3.72. The molecule has 2 aliphatic rings. The quantitative estimate of drug-likeness (QED) is 0.509. The van der Waals surface area contributed by atoms with E-state index in [1.807, 2.05) is 6.92 Å². The molecule has 2 unspecified atom stereocenters. The summed E-state index contributed by atoms with van der Waals surface area (Å²) in [4.78, 5) is 2.50. The molecule has 11 heavy (non-hydrogen) atoms. The highest BCUT2D eigenvalue weighted by Crippen LogP contribution is 2.39. The van der Waals surface area contributed by atoms with Crippen molar-refractivity contribution in [2.24, 2.45) is 11.8 Å². The third kappa shape index (κ3) is 1.28. The highest BCUT2D eigenvalue weighted by molar-refractivity contribution is 5.01. The standard InChI is InChI=1S/C10H15N/c1-2-3-6-11-7-9-4-5-10(9)8-11/h9-10H,4-8H2,1H3. The fourth-order valence-electron chi connectivity index (χ4n) is 2.18. The first-order valence-corrected chi connectivity index (χ1v) is 4.52. The van der Waals surface area contributed by atoms with Crippen molar-refractivity contribution in [3.05, 3.63) is 0 Å². The van der Waals surface area contributed by atoms with Gasteiger partial charge in [0.1, 0.15) is 0 Å². The monoisotopic (exact) mass is 149 g/mol. The van der Waals surface area contributed by atoms with Crippen molar-refractivity contribution in [3.63, 3.8) is 0 Å². The molecule has 1 nitrogen and oxygen atoms in total. The minimum atomic E-state index is 1.00. The minimum Gasteiger partial charge on any atom is -0.292 e. The van der Waals surface area contributed by atoms with E-state index in [4.69, 9.17) is 0 Å². The van der Waals surface area contributed by atoms with Crippen LogP contribution in [0, 0.1) is 23.7 Å². The van der Waals surface area contributed by atoms with Crippen LogP contribution in [0.3, 0.4) is 0 Å². The summed E-state index contributed by atoms with van der Waals surface area (Å²) in [6.07, 6.45) is 2.95. The molecule has 1 saturated carbocycles. The Hall–Kier alpha value is -0.480. The Morgan fingerprint density at radius 3 is 2.36 bits per heavy atom. The van der Waals surface area contributed by atoms with Crippen LogP contribution < -0.4 is 0 Å². The highest BCUT2D eigenvalue weighted by Gasteiger charge is 2.38. The van der Waals surface area contributed by atoms with Crippen molar-refractivity contribution in [2.75, 3.05) is 19.6 Å². The summed E-state index contributed by atoms with van der Waals surface area (Å²) >= 11 is 0. The number of fused-ring (bicyclic) bond motifs is 1. The average molecular weight is 149 g/mol. The van der Waals surface area contributed by atoms with Gasteiger partial charge in [0.25, 0.3) is 0 Å². The first-order chi connectivity index (χ1) is 5.40. The van der Waals surface area contributed by atoms with Gasteiger partial charge in [0.2, 0.25) is 0 Å². The summed E-state index contributed by atoms with van der Waals surface area (Å²) in [6.45, 7) is 5.56. The Kier molecular flexibility index (Phi) is 1.87. The highest BCUT2D eigenvalue weighted by atomic mass is 15.2. The van der Waals surface area contributed by atoms with Gasteiger partial charge >= 0.3 is 0 Å². The molecular formula is C10H15N. The van der Waals surface area contributed by atoms with Crippen LogP contribution in [0.25, 0.3) is 0 Å². The van der Waals surface area contributed by atoms with E-state index in [2.05, 4.69) is 16.7 Å². The maximum Gasteiger partial charge on any atom is 0.0601 e. The lowest BCUT2D eigenvalue weighted by Gasteiger charge is -2.28. The largest absolute Gasteiger partial charge is 0.292 e. The van der Waals surface area contributed by atoms with E-state index in [1.165, 1.54) is 25.9 Å². The lowest BCUT2D eigenvalue weighted by Crippen LogP contribution is -2.22. The molecule has 0 N–H and O–H groups in total. The zero-order valence-corrected chi connectivity index (χ0v) is 7.14. The molecule has 0 aromatic heterocycles. The van der Waals surface area contributed by atoms with Crippen LogP contribution in [-0.2, 0) is 0 Å². The van der Waals surface area contributed by atoms with Gasteiger partial charge in [0, 0.05) is 13.1 Å². The minimum absolute atomic E-state index is 1.00. The molecule has 0 aromatic carbocycles. The SMILES string of the molecule is CC#CCN1CC2CCC2C1. The number of hydrogen-bond donors (Lipinski definition) is 0. The Morgan fingerprint density at radius 1 is 1.27 bits per heavy atom. The van der Waals surface area contributed by atoms with Gasteiger partial charge in [-0.25, -0.2) is 0 Å². The Bertz CT molecular complexity index is 187. The van der Waals surface area contributed by atoms with E-state index in [1.54, 1.807) is 0 Å². The molecule has 1 heterocycles. The Labute approximate surface area is 68.8 Å². The molecule has 1 aliphatic heterocycles. The van der Waals surface area contributed by atoms with Gasteiger partial charge in [-0.1, -0.05) is 5.92 Å². The first kappa shape index (κ1) is 7.18. The molecule has 1 aliphatic carbocycles. The predicted molar refractivity (Wildman–Crippen MR) is 46.1 cm³/mol. The van der Waals surface area contributed by atoms with Crippen LogP contribution in [0.15, 0.2) is 0 Å². The van der Waals surface area contributed by atoms with Crippen LogP contribution in [-0.4, -0.2) is 24.5 Å². The van der Waals surface area contributed by atoms with Gasteiger partial charge in [-0.2, -0.15) is 0 Å². The third-order valence-electron chi connectivity index (χ3n) is 3.04. The summed E-state index contributed by atoms with van der Waals surface area (Å²) in [5.74, 6) is 8.16. The molecule has 60 valence electrons. The first-order valence-electron chi connectivity index (χ1n) is 4.52. The zero-order valence-electron chi connectivity index (χ0n) is 7.14. The molecule has 0 bridgehead atoms. The van der Waals surface area contributed by atoms with E-state index < -0.39 is 0 Å². The van der Waals surface area contributed by atoms with E-state index in [0.29, 0.717) is 0 Å². The molecule has 1 heteroatoms. The van der Waals surface area contributed by atoms with Gasteiger partial charge < -0.3 is 0 Å². The van der Waals surface area contributed by atoms with E-state index >= 15 is 0 Å². The summed E-state index contributed by atoms with van der Waals surface area (Å²) < 4.78 is 0. The van der Waals surface area contributed by atoms with E-state index in [9.17, 15) is 0 Å². The number of rotatable bonds is 1. The van der Waals surface area contributed by atoms with Crippen LogP contribution >= 0.6 is 0 Å². The van der Waals surface area contributed by atoms with Crippen molar-refractivity contribution in [2.45, 2.75) is 19.8 Å². The number of nitrogens with zero attached hydrogens (tertiary/aromatic N) is 1. The van der Waals surface area contributed by atoms with Gasteiger partial charge in [0.05, 0.1) is 6.54 Å². The molecule has 0 spiro atoms. The molecule has 2 rings (SSSR count). The molecule has 1 saturated heterocycles. The molecule has 0 amide bonds. The lowest BCUT2D eigenvalue weighted by molar-refractivity contribution is 0.243. The second kappa shape index (κ2) is 2.87. The molecule has 0 radical (unpaired) electrons. The normalized spacial score (nSPS) is 35.4. The van der Waals surface area contributed by atoms with Crippen molar-refractivity contribution in [1.29, 1.82) is 0 Å².